The Balaban J connectivity index is 1.83. The van der Waals surface area contributed by atoms with Crippen molar-refractivity contribution in [2.24, 2.45) is 0 Å². The van der Waals surface area contributed by atoms with Gasteiger partial charge in [-0.05, 0) is 18.6 Å². The summed E-state index contributed by atoms with van der Waals surface area (Å²) in [6, 6.07) is 5.39. The van der Waals surface area contributed by atoms with Crippen LogP contribution in [0.1, 0.15) is 29.6 Å². The fourth-order valence-electron chi connectivity index (χ4n) is 3.60. The van der Waals surface area contributed by atoms with Crippen LogP contribution in [0.25, 0.3) is 0 Å². The van der Waals surface area contributed by atoms with Crippen molar-refractivity contribution < 1.29 is 28.7 Å². The van der Waals surface area contributed by atoms with Gasteiger partial charge in [-0.3, -0.25) is 24.0 Å². The molecule has 1 atom stereocenters. The number of fused-ring (bicyclic) bond motifs is 1. The average Bonchev–Trinajstić information content (AvgIpc) is 2.80. The van der Waals surface area contributed by atoms with Crippen LogP contribution >= 0.6 is 0 Å². The number of hydrogen-bond acceptors (Lipinski definition) is 6. The van der Waals surface area contributed by atoms with Gasteiger partial charge in [0.2, 0.25) is 23.6 Å². The lowest BCUT2D eigenvalue weighted by molar-refractivity contribution is -0.140. The smallest absolute Gasteiger partial charge is 0.255 e. The highest BCUT2D eigenvalue weighted by molar-refractivity contribution is 6.01. The highest BCUT2D eigenvalue weighted by Gasteiger charge is 2.31. The molecule has 2 aliphatic heterocycles. The number of benzene rings is 1. The molecule has 1 aromatic carbocycles. The lowest BCUT2D eigenvalue weighted by atomic mass is 10.1. The number of para-hydroxylation sites is 1. The molecule has 11 heteroatoms. The SMILES string of the molecule is CN1CCOc2ccccc2C(=O)N[C@H](C(=O)N2CCNC(=O)C2)CC(=O)NCCCC1=O. The summed E-state index contributed by atoms with van der Waals surface area (Å²) in [5.74, 6) is -1.60. The first-order valence-electron chi connectivity index (χ1n) is 10.9. The van der Waals surface area contributed by atoms with Gasteiger partial charge in [0.25, 0.3) is 5.91 Å². The van der Waals surface area contributed by atoms with E-state index in [1.54, 1.807) is 36.2 Å². The highest BCUT2D eigenvalue weighted by atomic mass is 16.5. The van der Waals surface area contributed by atoms with E-state index >= 15 is 0 Å². The molecular formula is C22H29N5O6. The number of carbonyl (C=O) groups is 5. The van der Waals surface area contributed by atoms with Crippen LogP contribution in [0.15, 0.2) is 24.3 Å². The number of nitrogens with one attached hydrogen (secondary N) is 3. The van der Waals surface area contributed by atoms with Gasteiger partial charge >= 0.3 is 0 Å². The van der Waals surface area contributed by atoms with Crippen LogP contribution in [0.5, 0.6) is 5.75 Å². The van der Waals surface area contributed by atoms with Crippen molar-refractivity contribution in [3.8, 4) is 5.75 Å². The summed E-state index contributed by atoms with van der Waals surface area (Å²) in [6.45, 7) is 1.24. The number of likely N-dealkylation sites (N-methyl/N-ethyl adjacent to an activating group) is 1. The fraction of sp³-hybridized carbons (Fsp3) is 0.500. The largest absolute Gasteiger partial charge is 0.491 e. The third-order valence-corrected chi connectivity index (χ3v) is 5.47. The lowest BCUT2D eigenvalue weighted by Gasteiger charge is -2.30. The molecule has 2 heterocycles. The summed E-state index contributed by atoms with van der Waals surface area (Å²) >= 11 is 0. The number of ether oxygens (including phenoxy) is 1. The number of carbonyl (C=O) groups excluding carboxylic acids is 5. The first-order chi connectivity index (χ1) is 15.8. The molecule has 33 heavy (non-hydrogen) atoms. The van der Waals surface area contributed by atoms with E-state index < -0.39 is 23.8 Å². The molecule has 178 valence electrons. The van der Waals surface area contributed by atoms with Crippen LogP contribution in [0.3, 0.4) is 0 Å². The monoisotopic (exact) mass is 459 g/mol. The van der Waals surface area contributed by atoms with Gasteiger partial charge in [-0.25, -0.2) is 0 Å². The zero-order valence-corrected chi connectivity index (χ0v) is 18.6. The molecular weight excluding hydrogens is 430 g/mol. The maximum Gasteiger partial charge on any atom is 0.255 e. The molecule has 2 aliphatic rings. The van der Waals surface area contributed by atoms with E-state index in [2.05, 4.69) is 16.0 Å². The zero-order valence-electron chi connectivity index (χ0n) is 18.6. The van der Waals surface area contributed by atoms with Gasteiger partial charge < -0.3 is 30.5 Å². The molecule has 0 bridgehead atoms. The Labute approximate surface area is 191 Å². The Morgan fingerprint density at radius 1 is 1.03 bits per heavy atom. The molecule has 11 nitrogen and oxygen atoms in total. The predicted octanol–water partition coefficient (Wildman–Crippen LogP) is -1.12. The van der Waals surface area contributed by atoms with E-state index in [1.807, 2.05) is 0 Å². The zero-order chi connectivity index (χ0) is 23.8. The summed E-state index contributed by atoms with van der Waals surface area (Å²) in [4.78, 5) is 65.5. The van der Waals surface area contributed by atoms with Crippen molar-refractivity contribution in [3.63, 3.8) is 0 Å². The summed E-state index contributed by atoms with van der Waals surface area (Å²) < 4.78 is 5.74. The first kappa shape index (κ1) is 24.0. The summed E-state index contributed by atoms with van der Waals surface area (Å²) in [7, 11) is 1.67. The molecule has 1 fully saturated rings. The molecule has 0 unspecified atom stereocenters. The van der Waals surface area contributed by atoms with E-state index in [0.29, 0.717) is 25.3 Å². The minimum absolute atomic E-state index is 0.0811. The van der Waals surface area contributed by atoms with E-state index in [4.69, 9.17) is 4.74 Å². The standard InChI is InChI=1S/C22H29N5O6/c1-26-11-12-33-17-6-3-2-5-15(17)21(31)25-16(13-18(28)23-8-4-7-20(26)30)22(32)27-10-9-24-19(29)14-27/h2-3,5-6,16H,4,7-14H2,1H3,(H,23,28)(H,24,29)(H,25,31)/t16-/m0/s1. The van der Waals surface area contributed by atoms with Crippen LogP contribution in [0.4, 0.5) is 0 Å². The number of hydrogen-bond donors (Lipinski definition) is 3. The molecule has 0 radical (unpaired) electrons. The van der Waals surface area contributed by atoms with Crippen LogP contribution in [-0.4, -0.2) is 91.8 Å². The quantitative estimate of drug-likeness (QED) is 0.487. The Morgan fingerprint density at radius 3 is 2.58 bits per heavy atom. The molecule has 1 saturated heterocycles. The van der Waals surface area contributed by atoms with Crippen LogP contribution in [0.2, 0.25) is 0 Å². The molecule has 0 aromatic heterocycles. The Morgan fingerprint density at radius 2 is 1.79 bits per heavy atom. The molecule has 5 amide bonds. The summed E-state index contributed by atoms with van der Waals surface area (Å²) in [5, 5.41) is 7.98. The molecule has 3 N–H and O–H groups in total. The Hall–Kier alpha value is -3.63. The Kier molecular flexibility index (Phi) is 8.22. The minimum Gasteiger partial charge on any atom is -0.491 e. The van der Waals surface area contributed by atoms with E-state index in [0.717, 1.165) is 0 Å². The number of nitrogens with zero attached hydrogens (tertiary/aromatic N) is 2. The summed E-state index contributed by atoms with van der Waals surface area (Å²) in [6.07, 6.45) is 0.408. The van der Waals surface area contributed by atoms with Crippen molar-refractivity contribution >= 4 is 29.5 Å². The van der Waals surface area contributed by atoms with E-state index in [1.165, 1.54) is 4.90 Å². The van der Waals surface area contributed by atoms with E-state index in [-0.39, 0.29) is 56.5 Å². The van der Waals surface area contributed by atoms with Crippen LogP contribution < -0.4 is 20.7 Å². The van der Waals surface area contributed by atoms with Gasteiger partial charge in [-0.2, -0.15) is 0 Å². The topological polar surface area (TPSA) is 137 Å². The van der Waals surface area contributed by atoms with Gasteiger partial charge in [0.05, 0.1) is 25.1 Å². The third kappa shape index (κ3) is 6.67. The van der Waals surface area contributed by atoms with Crippen molar-refractivity contribution in [1.29, 1.82) is 0 Å². The van der Waals surface area contributed by atoms with Gasteiger partial charge in [-0.15, -0.1) is 0 Å². The lowest BCUT2D eigenvalue weighted by Crippen LogP contribution is -2.56. The van der Waals surface area contributed by atoms with Gasteiger partial charge in [0.15, 0.2) is 0 Å². The van der Waals surface area contributed by atoms with Crippen molar-refractivity contribution in [1.82, 2.24) is 25.8 Å². The van der Waals surface area contributed by atoms with Crippen molar-refractivity contribution in [2.45, 2.75) is 25.3 Å². The molecule has 0 aliphatic carbocycles. The fourth-order valence-corrected chi connectivity index (χ4v) is 3.60. The van der Waals surface area contributed by atoms with Gasteiger partial charge in [-0.1, -0.05) is 12.1 Å². The Bertz CT molecular complexity index is 920. The first-order valence-corrected chi connectivity index (χ1v) is 10.9. The maximum absolute atomic E-state index is 13.1. The van der Waals surface area contributed by atoms with Crippen molar-refractivity contribution in [3.05, 3.63) is 29.8 Å². The van der Waals surface area contributed by atoms with Crippen molar-refractivity contribution in [2.75, 3.05) is 46.4 Å². The second-order valence-electron chi connectivity index (χ2n) is 7.95. The third-order valence-electron chi connectivity index (χ3n) is 5.47. The molecule has 3 rings (SSSR count). The predicted molar refractivity (Wildman–Crippen MR) is 117 cm³/mol. The highest BCUT2D eigenvalue weighted by Crippen LogP contribution is 2.18. The molecule has 0 saturated carbocycles. The van der Waals surface area contributed by atoms with Gasteiger partial charge in [0, 0.05) is 33.1 Å². The van der Waals surface area contributed by atoms with E-state index in [9.17, 15) is 24.0 Å². The second kappa shape index (κ2) is 11.3. The second-order valence-corrected chi connectivity index (χ2v) is 7.95. The molecule has 0 spiro atoms. The van der Waals surface area contributed by atoms with Crippen LogP contribution in [-0.2, 0) is 19.2 Å². The molecule has 1 aromatic rings. The minimum atomic E-state index is -1.16. The van der Waals surface area contributed by atoms with Gasteiger partial charge in [0.1, 0.15) is 18.4 Å². The summed E-state index contributed by atoms with van der Waals surface area (Å²) in [5.41, 5.74) is 0.202. The average molecular weight is 460 g/mol. The normalized spacial score (nSPS) is 21.3. The number of rotatable bonds is 1. The number of amides is 5. The van der Waals surface area contributed by atoms with Crippen LogP contribution in [0, 0.1) is 0 Å². The maximum atomic E-state index is 13.1. The number of piperazine rings is 1.